The van der Waals surface area contributed by atoms with E-state index in [4.69, 9.17) is 9.72 Å². The Balaban J connectivity index is 1.27. The van der Waals surface area contributed by atoms with Crippen molar-refractivity contribution in [2.24, 2.45) is 11.3 Å². The molecule has 2 N–H and O–H groups in total. The highest BCUT2D eigenvalue weighted by Gasteiger charge is 2.71. The van der Waals surface area contributed by atoms with Crippen molar-refractivity contribution in [1.82, 2.24) is 19.8 Å². The molecule has 5 aliphatic heterocycles. The maximum absolute atomic E-state index is 13.2. The molecule has 2 spiro atoms. The van der Waals surface area contributed by atoms with Crippen LogP contribution in [0.3, 0.4) is 0 Å². The van der Waals surface area contributed by atoms with Crippen molar-refractivity contribution in [3.8, 4) is 0 Å². The number of para-hydroxylation sites is 1. The summed E-state index contributed by atoms with van der Waals surface area (Å²) in [4.78, 5) is 14.3. The Bertz CT molecular complexity index is 1590. The molecule has 6 heteroatoms. The second-order valence-corrected chi connectivity index (χ2v) is 14.3. The van der Waals surface area contributed by atoms with Gasteiger partial charge in [0.15, 0.2) is 0 Å². The van der Waals surface area contributed by atoms with Crippen LogP contribution in [-0.2, 0) is 4.74 Å². The second kappa shape index (κ2) is 9.49. The van der Waals surface area contributed by atoms with E-state index in [1.807, 2.05) is 6.20 Å². The average Bonchev–Trinajstić information content (AvgIpc) is 3.61. The van der Waals surface area contributed by atoms with Gasteiger partial charge in [-0.05, 0) is 113 Å². The number of pyridine rings is 1. The molecular formula is C36H44N4O2. The number of aliphatic hydroxyl groups is 1. The monoisotopic (exact) mass is 564 g/mol. The molecule has 5 bridgehead atoms. The van der Waals surface area contributed by atoms with Gasteiger partial charge in [0.2, 0.25) is 0 Å². The van der Waals surface area contributed by atoms with E-state index in [2.05, 4.69) is 63.3 Å². The molecule has 1 aromatic carbocycles. The highest BCUT2D eigenvalue weighted by Crippen LogP contribution is 2.66. The molecular weight excluding hydrogens is 520 g/mol. The van der Waals surface area contributed by atoms with Gasteiger partial charge in [-0.15, -0.1) is 0 Å². The molecule has 0 saturated carbocycles. The predicted octanol–water partition coefficient (Wildman–Crippen LogP) is 6.42. The van der Waals surface area contributed by atoms with Crippen LogP contribution in [0.4, 0.5) is 0 Å². The van der Waals surface area contributed by atoms with E-state index in [0.29, 0.717) is 12.0 Å². The van der Waals surface area contributed by atoms with Crippen LogP contribution < -0.4 is 0 Å². The predicted molar refractivity (Wildman–Crippen MR) is 167 cm³/mol. The number of hydrogen-bond acceptors (Lipinski definition) is 5. The summed E-state index contributed by atoms with van der Waals surface area (Å²) in [6, 6.07) is 10.8. The van der Waals surface area contributed by atoms with Crippen LogP contribution in [0.5, 0.6) is 0 Å². The van der Waals surface area contributed by atoms with Crippen molar-refractivity contribution in [3.63, 3.8) is 0 Å². The summed E-state index contributed by atoms with van der Waals surface area (Å²) in [6.07, 6.45) is 21.3. The smallest absolute Gasteiger partial charge is 0.123 e. The van der Waals surface area contributed by atoms with E-state index in [1.165, 1.54) is 29.2 Å². The number of nitrogens with one attached hydrogen (secondary N) is 1. The van der Waals surface area contributed by atoms with Crippen LogP contribution in [0.25, 0.3) is 27.4 Å². The number of fused-ring (bicyclic) bond motifs is 5. The van der Waals surface area contributed by atoms with E-state index in [9.17, 15) is 5.11 Å². The van der Waals surface area contributed by atoms with Crippen molar-refractivity contribution in [3.05, 3.63) is 60.5 Å². The number of piperidine rings is 1. The molecule has 7 heterocycles. The van der Waals surface area contributed by atoms with Crippen molar-refractivity contribution in [2.75, 3.05) is 26.2 Å². The van der Waals surface area contributed by atoms with Crippen LogP contribution in [0.1, 0.15) is 76.3 Å². The zero-order valence-electron chi connectivity index (χ0n) is 24.7. The molecule has 4 saturated heterocycles. The SMILES string of the molecule is O[C@]12C=C(c3nccc4c3[nH]c3ccccc34)[C@@H]3CCN(CCCC/C=C\CC1)C[C@@]31C[C@@]34CC[C@@H](CCCN3[C@@H]12)O4. The second-order valence-electron chi connectivity index (χ2n) is 14.3. The molecule has 7 atom stereocenters. The maximum atomic E-state index is 13.2. The lowest BCUT2D eigenvalue weighted by molar-refractivity contribution is -0.145. The summed E-state index contributed by atoms with van der Waals surface area (Å²) in [6.45, 7) is 4.35. The Kier molecular flexibility index (Phi) is 5.86. The van der Waals surface area contributed by atoms with Gasteiger partial charge in [0.05, 0.1) is 29.0 Å². The fraction of sp³-hybridized carbons (Fsp3) is 0.583. The van der Waals surface area contributed by atoms with Crippen LogP contribution in [0.2, 0.25) is 0 Å². The van der Waals surface area contributed by atoms with Gasteiger partial charge in [0.25, 0.3) is 0 Å². The molecule has 1 unspecified atom stereocenters. The Morgan fingerprint density at radius 1 is 0.929 bits per heavy atom. The fourth-order valence-electron chi connectivity index (χ4n) is 10.6. The van der Waals surface area contributed by atoms with Gasteiger partial charge >= 0.3 is 0 Å². The standard InChI is InChI=1S/C36H44N4O2/c41-35-16-7-3-1-2-4-8-19-39-21-15-29(34(24-39)23-36-17-13-25(42-36)10-9-20-40(36)33(34)35)28(22-35)31-32-27(14-18-37-31)26-11-5-6-12-30(26)38-32/h1,3,5-6,11-12,14,18,22,25,29,33,38,41H,2,4,7-10,13,15-17,19-21,23-24H2/b3-1-/t25-,29+,33+,34+,35+,36+/m1/s1. The lowest BCUT2D eigenvalue weighted by Gasteiger charge is -2.58. The van der Waals surface area contributed by atoms with Gasteiger partial charge in [0.1, 0.15) is 5.72 Å². The molecule has 2 aromatic heterocycles. The number of allylic oxidation sites excluding steroid dienone is 3. The minimum absolute atomic E-state index is 0.0643. The minimum Gasteiger partial charge on any atom is -0.384 e. The molecule has 0 amide bonds. The van der Waals surface area contributed by atoms with E-state index in [0.717, 1.165) is 101 Å². The molecule has 6 aliphatic rings. The van der Waals surface area contributed by atoms with Crippen molar-refractivity contribution >= 4 is 27.4 Å². The fourth-order valence-corrected chi connectivity index (χ4v) is 10.6. The molecule has 42 heavy (non-hydrogen) atoms. The lowest BCUT2D eigenvalue weighted by atomic mass is 9.54. The number of nitrogens with zero attached hydrogens (tertiary/aromatic N) is 3. The minimum atomic E-state index is -0.946. The summed E-state index contributed by atoms with van der Waals surface area (Å²) in [5.74, 6) is 0.341. The topological polar surface area (TPSA) is 64.6 Å². The number of hydrogen-bond donors (Lipinski definition) is 2. The molecule has 220 valence electrons. The number of benzene rings is 1. The number of aromatic nitrogens is 2. The lowest BCUT2D eigenvalue weighted by Crippen LogP contribution is -2.66. The van der Waals surface area contributed by atoms with Gasteiger partial charge in [0, 0.05) is 41.0 Å². The van der Waals surface area contributed by atoms with Gasteiger partial charge < -0.3 is 19.7 Å². The van der Waals surface area contributed by atoms with Gasteiger partial charge in [-0.25, -0.2) is 0 Å². The van der Waals surface area contributed by atoms with E-state index in [1.54, 1.807) is 0 Å². The first-order chi connectivity index (χ1) is 20.6. The Morgan fingerprint density at radius 2 is 1.86 bits per heavy atom. The molecule has 0 radical (unpaired) electrons. The maximum Gasteiger partial charge on any atom is 0.123 e. The third-order valence-electron chi connectivity index (χ3n) is 12.0. The summed E-state index contributed by atoms with van der Waals surface area (Å²) in [5.41, 5.74) is 3.32. The molecule has 6 nitrogen and oxygen atoms in total. The van der Waals surface area contributed by atoms with Crippen molar-refractivity contribution in [2.45, 2.75) is 94.1 Å². The third kappa shape index (κ3) is 3.68. The zero-order valence-corrected chi connectivity index (χ0v) is 24.7. The third-order valence-corrected chi connectivity index (χ3v) is 12.0. The largest absolute Gasteiger partial charge is 0.384 e. The van der Waals surface area contributed by atoms with Crippen LogP contribution in [-0.4, -0.2) is 74.5 Å². The van der Waals surface area contributed by atoms with Crippen LogP contribution in [0.15, 0.2) is 54.8 Å². The van der Waals surface area contributed by atoms with Crippen molar-refractivity contribution in [1.29, 1.82) is 0 Å². The first-order valence-corrected chi connectivity index (χ1v) is 16.7. The Hall–Kier alpha value is -2.51. The van der Waals surface area contributed by atoms with Crippen molar-refractivity contribution < 1.29 is 9.84 Å². The molecule has 3 aromatic rings. The number of aromatic amines is 1. The zero-order chi connectivity index (χ0) is 27.9. The molecule has 4 fully saturated rings. The normalized spacial score (nSPS) is 40.9. The highest BCUT2D eigenvalue weighted by molar-refractivity contribution is 6.09. The van der Waals surface area contributed by atoms with E-state index in [-0.39, 0.29) is 17.2 Å². The highest BCUT2D eigenvalue weighted by atomic mass is 16.5. The average molecular weight is 565 g/mol. The summed E-state index contributed by atoms with van der Waals surface area (Å²) < 4.78 is 7.08. The van der Waals surface area contributed by atoms with Gasteiger partial charge in [-0.3, -0.25) is 9.88 Å². The van der Waals surface area contributed by atoms with Crippen LogP contribution >= 0.6 is 0 Å². The Morgan fingerprint density at radius 3 is 2.83 bits per heavy atom. The molecule has 1 aliphatic carbocycles. The van der Waals surface area contributed by atoms with E-state index >= 15 is 0 Å². The quantitative estimate of drug-likeness (QED) is 0.334. The Labute approximate surface area is 248 Å². The number of rotatable bonds is 1. The summed E-state index contributed by atoms with van der Waals surface area (Å²) >= 11 is 0. The van der Waals surface area contributed by atoms with E-state index < -0.39 is 5.60 Å². The first-order valence-electron chi connectivity index (χ1n) is 16.7. The number of H-pyrrole nitrogens is 1. The first kappa shape index (κ1) is 25.9. The van der Waals surface area contributed by atoms with Crippen LogP contribution in [0, 0.1) is 11.3 Å². The summed E-state index contributed by atoms with van der Waals surface area (Å²) in [5, 5.41) is 15.7. The van der Waals surface area contributed by atoms with Gasteiger partial charge in [-0.2, -0.15) is 0 Å². The number of ether oxygens (including phenoxy) is 1. The molecule has 9 rings (SSSR count). The van der Waals surface area contributed by atoms with Gasteiger partial charge in [-0.1, -0.05) is 30.4 Å². The summed E-state index contributed by atoms with van der Waals surface area (Å²) in [7, 11) is 0.